The Morgan fingerprint density at radius 1 is 1.37 bits per heavy atom. The van der Waals surface area contributed by atoms with Crippen molar-refractivity contribution in [1.29, 1.82) is 0 Å². The molecule has 3 nitrogen and oxygen atoms in total. The third-order valence-electron chi connectivity index (χ3n) is 3.22. The number of unbranched alkanes of at least 4 members (excludes halogenated alkanes) is 2. The van der Waals surface area contributed by atoms with Gasteiger partial charge in [0.15, 0.2) is 0 Å². The lowest BCUT2D eigenvalue weighted by molar-refractivity contribution is 0.0601. The van der Waals surface area contributed by atoms with Crippen LogP contribution in [-0.2, 0) is 4.74 Å². The fourth-order valence-electron chi connectivity index (χ4n) is 2.10. The van der Waals surface area contributed by atoms with E-state index < -0.39 is 0 Å². The van der Waals surface area contributed by atoms with E-state index in [1.807, 2.05) is 25.1 Å². The van der Waals surface area contributed by atoms with Gasteiger partial charge in [0.25, 0.3) is 0 Å². The van der Waals surface area contributed by atoms with Crippen LogP contribution in [0.1, 0.15) is 55.5 Å². The number of ether oxygens (including phenoxy) is 1. The predicted molar refractivity (Wildman–Crippen MR) is 79.7 cm³/mol. The van der Waals surface area contributed by atoms with Gasteiger partial charge in [-0.3, -0.25) is 0 Å². The van der Waals surface area contributed by atoms with Crippen LogP contribution in [0.3, 0.4) is 0 Å². The van der Waals surface area contributed by atoms with Gasteiger partial charge in [-0.25, -0.2) is 4.79 Å². The summed E-state index contributed by atoms with van der Waals surface area (Å²) < 4.78 is 4.83. The molecule has 0 aliphatic carbocycles. The molecule has 0 aliphatic rings. The predicted octanol–water partition coefficient (Wildman–Crippen LogP) is 4.16. The Morgan fingerprint density at radius 2 is 2.11 bits per heavy atom. The van der Waals surface area contributed by atoms with E-state index in [2.05, 4.69) is 19.2 Å². The number of carbonyl (C=O) groups excluding carboxylic acids is 1. The molecule has 19 heavy (non-hydrogen) atoms. The minimum atomic E-state index is -0.285. The van der Waals surface area contributed by atoms with E-state index in [9.17, 15) is 4.79 Å². The van der Waals surface area contributed by atoms with Crippen molar-refractivity contribution in [1.82, 2.24) is 0 Å². The summed E-state index contributed by atoms with van der Waals surface area (Å²) >= 11 is 0. The second-order valence-electron chi connectivity index (χ2n) is 5.08. The standard InChI is InChI=1S/C16H25NO2/c1-5-6-7-8-13(3)17-15-10-9-12(2)11-14(15)16(18)19-4/h9-11,13,17H,5-8H2,1-4H3. The van der Waals surface area contributed by atoms with E-state index in [0.29, 0.717) is 11.6 Å². The molecule has 0 saturated carbocycles. The molecule has 3 heteroatoms. The van der Waals surface area contributed by atoms with Crippen LogP contribution in [0.2, 0.25) is 0 Å². The number of methoxy groups -OCH3 is 1. The number of carbonyl (C=O) groups is 1. The van der Waals surface area contributed by atoms with Crippen LogP contribution in [0.4, 0.5) is 5.69 Å². The molecule has 0 heterocycles. The lowest BCUT2D eigenvalue weighted by Crippen LogP contribution is -2.17. The summed E-state index contributed by atoms with van der Waals surface area (Å²) in [6, 6.07) is 6.19. The number of hydrogen-bond acceptors (Lipinski definition) is 3. The van der Waals surface area contributed by atoms with E-state index in [1.54, 1.807) is 0 Å². The zero-order valence-electron chi connectivity index (χ0n) is 12.5. The first-order valence-electron chi connectivity index (χ1n) is 7.04. The van der Waals surface area contributed by atoms with Crippen LogP contribution in [0.15, 0.2) is 18.2 Å². The molecule has 1 rings (SSSR count). The van der Waals surface area contributed by atoms with Crippen LogP contribution in [-0.4, -0.2) is 19.1 Å². The van der Waals surface area contributed by atoms with E-state index in [1.165, 1.54) is 26.4 Å². The third-order valence-corrected chi connectivity index (χ3v) is 3.22. The quantitative estimate of drug-likeness (QED) is 0.593. The first kappa shape index (κ1) is 15.5. The van der Waals surface area contributed by atoms with Gasteiger partial charge in [0.1, 0.15) is 0 Å². The summed E-state index contributed by atoms with van der Waals surface area (Å²) in [6.45, 7) is 6.32. The molecule has 0 aliphatic heterocycles. The van der Waals surface area contributed by atoms with Crippen molar-refractivity contribution in [2.75, 3.05) is 12.4 Å². The first-order chi connectivity index (χ1) is 9.08. The Hall–Kier alpha value is -1.51. The molecule has 0 aromatic heterocycles. The number of aryl methyl sites for hydroxylation is 1. The molecule has 1 atom stereocenters. The fraction of sp³-hybridized carbons (Fsp3) is 0.562. The topological polar surface area (TPSA) is 38.3 Å². The highest BCUT2D eigenvalue weighted by Crippen LogP contribution is 2.20. The smallest absolute Gasteiger partial charge is 0.339 e. The van der Waals surface area contributed by atoms with Gasteiger partial charge in [-0.05, 0) is 32.4 Å². The summed E-state index contributed by atoms with van der Waals surface area (Å²) in [5.74, 6) is -0.285. The summed E-state index contributed by atoms with van der Waals surface area (Å²) in [5, 5.41) is 3.41. The Kier molecular flexibility index (Phi) is 6.40. The minimum Gasteiger partial charge on any atom is -0.465 e. The monoisotopic (exact) mass is 263 g/mol. The molecule has 0 amide bonds. The molecule has 0 saturated heterocycles. The maximum atomic E-state index is 11.8. The summed E-state index contributed by atoms with van der Waals surface area (Å²) in [6.07, 6.45) is 4.81. The second kappa shape index (κ2) is 7.82. The molecular weight excluding hydrogens is 238 g/mol. The zero-order valence-corrected chi connectivity index (χ0v) is 12.5. The SMILES string of the molecule is CCCCCC(C)Nc1ccc(C)cc1C(=O)OC. The van der Waals surface area contributed by atoms with Crippen molar-refractivity contribution < 1.29 is 9.53 Å². The number of hydrogen-bond donors (Lipinski definition) is 1. The number of esters is 1. The van der Waals surface area contributed by atoms with E-state index in [-0.39, 0.29) is 5.97 Å². The van der Waals surface area contributed by atoms with Crippen molar-refractivity contribution in [2.24, 2.45) is 0 Å². The Bertz CT molecular complexity index is 415. The van der Waals surface area contributed by atoms with Gasteiger partial charge in [0.2, 0.25) is 0 Å². The molecule has 106 valence electrons. The zero-order chi connectivity index (χ0) is 14.3. The molecule has 1 N–H and O–H groups in total. The van der Waals surface area contributed by atoms with Crippen LogP contribution >= 0.6 is 0 Å². The maximum absolute atomic E-state index is 11.8. The molecule has 1 aromatic rings. The molecule has 1 aromatic carbocycles. The third kappa shape index (κ3) is 4.93. The van der Waals surface area contributed by atoms with Gasteiger partial charge in [-0.15, -0.1) is 0 Å². The highest BCUT2D eigenvalue weighted by atomic mass is 16.5. The Labute approximate surface area is 116 Å². The molecular formula is C16H25NO2. The highest BCUT2D eigenvalue weighted by molar-refractivity contribution is 5.95. The van der Waals surface area contributed by atoms with Crippen molar-refractivity contribution in [3.05, 3.63) is 29.3 Å². The van der Waals surface area contributed by atoms with Crippen LogP contribution < -0.4 is 5.32 Å². The Balaban J connectivity index is 2.74. The maximum Gasteiger partial charge on any atom is 0.339 e. The van der Waals surface area contributed by atoms with E-state index in [4.69, 9.17) is 4.74 Å². The van der Waals surface area contributed by atoms with Gasteiger partial charge in [-0.2, -0.15) is 0 Å². The van der Waals surface area contributed by atoms with Crippen molar-refractivity contribution in [3.63, 3.8) is 0 Å². The molecule has 1 unspecified atom stereocenters. The van der Waals surface area contributed by atoms with Crippen molar-refractivity contribution >= 4 is 11.7 Å². The van der Waals surface area contributed by atoms with Crippen LogP contribution in [0.25, 0.3) is 0 Å². The van der Waals surface area contributed by atoms with Crippen LogP contribution in [0.5, 0.6) is 0 Å². The number of anilines is 1. The van der Waals surface area contributed by atoms with Gasteiger partial charge < -0.3 is 10.1 Å². The molecule has 0 bridgehead atoms. The molecule has 0 fully saturated rings. The average molecular weight is 263 g/mol. The van der Waals surface area contributed by atoms with Gasteiger partial charge >= 0.3 is 5.97 Å². The highest BCUT2D eigenvalue weighted by Gasteiger charge is 2.13. The second-order valence-corrected chi connectivity index (χ2v) is 5.08. The summed E-state index contributed by atoms with van der Waals surface area (Å²) in [4.78, 5) is 11.8. The number of nitrogens with one attached hydrogen (secondary N) is 1. The van der Waals surface area contributed by atoms with E-state index >= 15 is 0 Å². The lowest BCUT2D eigenvalue weighted by Gasteiger charge is -2.17. The largest absolute Gasteiger partial charge is 0.465 e. The van der Waals surface area contributed by atoms with Crippen molar-refractivity contribution in [3.8, 4) is 0 Å². The van der Waals surface area contributed by atoms with Gasteiger partial charge in [-0.1, -0.05) is 37.8 Å². The normalized spacial score (nSPS) is 12.0. The average Bonchev–Trinajstić information content (AvgIpc) is 2.40. The minimum absolute atomic E-state index is 0.285. The fourth-order valence-corrected chi connectivity index (χ4v) is 2.10. The first-order valence-corrected chi connectivity index (χ1v) is 7.04. The molecule has 0 spiro atoms. The van der Waals surface area contributed by atoms with Gasteiger partial charge in [0, 0.05) is 11.7 Å². The van der Waals surface area contributed by atoms with E-state index in [0.717, 1.165) is 17.7 Å². The summed E-state index contributed by atoms with van der Waals surface area (Å²) in [5.41, 5.74) is 2.54. The lowest BCUT2D eigenvalue weighted by atomic mass is 10.1. The van der Waals surface area contributed by atoms with Gasteiger partial charge in [0.05, 0.1) is 12.7 Å². The number of benzene rings is 1. The van der Waals surface area contributed by atoms with Crippen molar-refractivity contribution in [2.45, 2.75) is 52.5 Å². The number of rotatable bonds is 7. The van der Waals surface area contributed by atoms with Crippen LogP contribution in [0, 0.1) is 6.92 Å². The summed E-state index contributed by atoms with van der Waals surface area (Å²) in [7, 11) is 1.42. The Morgan fingerprint density at radius 3 is 2.74 bits per heavy atom. The molecule has 0 radical (unpaired) electrons.